The van der Waals surface area contributed by atoms with Crippen molar-refractivity contribution in [2.24, 2.45) is 0 Å². The Bertz CT molecular complexity index is 1870. The van der Waals surface area contributed by atoms with Crippen LogP contribution in [0.1, 0.15) is 39.9 Å². The monoisotopic (exact) mass is 670 g/mol. The minimum Gasteiger partial charge on any atom is -0.493 e. The number of hydrogen-bond acceptors (Lipinski definition) is 7. The molecule has 0 saturated heterocycles. The molecule has 242 valence electrons. The smallest absolute Gasteiger partial charge is 0.283 e. The number of aryl methyl sites for hydroxylation is 1. The highest BCUT2D eigenvalue weighted by atomic mass is 35.5. The van der Waals surface area contributed by atoms with Crippen molar-refractivity contribution in [3.8, 4) is 22.6 Å². The van der Waals surface area contributed by atoms with Crippen LogP contribution < -0.4 is 19.7 Å². The SMILES string of the molecule is Cc1cccc(OCCCC(=O)N2CCOc3c(-c4cnn(Cc5c(F)cc(C(=O)NCS(=O)(=O)O)cc5Cl)c4)cccc32)c1C. The highest BCUT2D eigenvalue weighted by molar-refractivity contribution is 7.85. The number of benzene rings is 3. The number of hydrogen-bond donors (Lipinski definition) is 2. The van der Waals surface area contributed by atoms with E-state index in [1.54, 1.807) is 17.3 Å². The van der Waals surface area contributed by atoms with Crippen molar-refractivity contribution >= 4 is 39.2 Å². The van der Waals surface area contributed by atoms with Crippen molar-refractivity contribution in [3.05, 3.63) is 94.0 Å². The molecule has 0 fully saturated rings. The van der Waals surface area contributed by atoms with Crippen LogP contribution in [0.2, 0.25) is 5.02 Å². The van der Waals surface area contributed by atoms with Gasteiger partial charge in [0.15, 0.2) is 5.75 Å². The maximum Gasteiger partial charge on any atom is 0.283 e. The molecule has 46 heavy (non-hydrogen) atoms. The summed E-state index contributed by atoms with van der Waals surface area (Å²) < 4.78 is 59.0. The van der Waals surface area contributed by atoms with Gasteiger partial charge in [-0.25, -0.2) is 4.39 Å². The standard InChI is InChI=1S/C32H32ClFN4O7S/c1-20-6-3-9-29(21(20)2)44-12-5-10-30(39)38-11-13-45-31-24(7-4-8-28(31)38)23-16-36-37(17-23)18-25-26(33)14-22(15-27(25)34)32(40)35-19-46(41,42)43/h3-4,6-9,14-17H,5,10-13,18-19H2,1-2H3,(H,35,40)(H,41,42,43). The predicted molar refractivity (Wildman–Crippen MR) is 171 cm³/mol. The first-order chi connectivity index (χ1) is 21.9. The maximum absolute atomic E-state index is 15.0. The van der Waals surface area contributed by atoms with Gasteiger partial charge >= 0.3 is 0 Å². The molecule has 2 N–H and O–H groups in total. The molecule has 0 atom stereocenters. The fraction of sp³-hybridized carbons (Fsp3) is 0.281. The Morgan fingerprint density at radius 2 is 1.96 bits per heavy atom. The number of halogens is 2. The molecule has 3 aromatic carbocycles. The Balaban J connectivity index is 1.26. The normalized spacial score (nSPS) is 12.8. The number of anilines is 1. The van der Waals surface area contributed by atoms with Gasteiger partial charge in [0.2, 0.25) is 5.91 Å². The molecule has 0 saturated carbocycles. The minimum absolute atomic E-state index is 0.0396. The van der Waals surface area contributed by atoms with Crippen LogP contribution in [-0.2, 0) is 21.5 Å². The van der Waals surface area contributed by atoms with E-state index in [1.165, 1.54) is 10.7 Å². The van der Waals surface area contributed by atoms with Gasteiger partial charge in [-0.1, -0.05) is 35.9 Å². The number of ether oxygens (including phenoxy) is 2. The summed E-state index contributed by atoms with van der Waals surface area (Å²) in [7, 11) is -4.45. The van der Waals surface area contributed by atoms with Crippen LogP contribution in [0, 0.1) is 19.7 Å². The predicted octanol–water partition coefficient (Wildman–Crippen LogP) is 5.17. The second-order valence-corrected chi connectivity index (χ2v) is 12.6. The molecule has 4 aromatic rings. The number of fused-ring (bicyclic) bond motifs is 1. The van der Waals surface area contributed by atoms with E-state index in [0.717, 1.165) is 22.9 Å². The van der Waals surface area contributed by atoms with Gasteiger partial charge in [-0.3, -0.25) is 18.8 Å². The van der Waals surface area contributed by atoms with E-state index in [1.807, 2.05) is 55.6 Å². The molecular weight excluding hydrogens is 639 g/mol. The summed E-state index contributed by atoms with van der Waals surface area (Å²) in [5, 5.41) is 6.25. The summed E-state index contributed by atoms with van der Waals surface area (Å²) in [4.78, 5) is 27.1. The molecule has 1 aliphatic heterocycles. The quantitative estimate of drug-likeness (QED) is 0.165. The lowest BCUT2D eigenvalue weighted by Gasteiger charge is -2.31. The van der Waals surface area contributed by atoms with E-state index in [-0.39, 0.29) is 28.6 Å². The number of carbonyl (C=O) groups excluding carboxylic acids is 2. The fourth-order valence-corrected chi connectivity index (χ4v) is 5.63. The average molecular weight is 671 g/mol. The third-order valence-electron chi connectivity index (χ3n) is 7.58. The first kappa shape index (κ1) is 32.9. The van der Waals surface area contributed by atoms with Gasteiger partial charge in [-0.15, -0.1) is 0 Å². The molecule has 1 aromatic heterocycles. The van der Waals surface area contributed by atoms with Crippen LogP contribution in [0.15, 0.2) is 60.9 Å². The van der Waals surface area contributed by atoms with Crippen molar-refractivity contribution in [3.63, 3.8) is 0 Å². The summed E-state index contributed by atoms with van der Waals surface area (Å²) >= 11 is 6.28. The van der Waals surface area contributed by atoms with Crippen LogP contribution in [-0.4, -0.2) is 60.2 Å². The molecule has 14 heteroatoms. The zero-order chi connectivity index (χ0) is 33.0. The molecule has 2 amide bonds. The first-order valence-electron chi connectivity index (χ1n) is 14.4. The first-order valence-corrected chi connectivity index (χ1v) is 16.4. The highest BCUT2D eigenvalue weighted by Gasteiger charge is 2.26. The Morgan fingerprint density at radius 1 is 1.17 bits per heavy atom. The second kappa shape index (κ2) is 13.9. The van der Waals surface area contributed by atoms with Gasteiger partial charge < -0.3 is 19.7 Å². The minimum atomic E-state index is -4.45. The van der Waals surface area contributed by atoms with Gasteiger partial charge in [-0.05, 0) is 55.7 Å². The van der Waals surface area contributed by atoms with Crippen molar-refractivity contribution in [2.45, 2.75) is 33.2 Å². The summed E-state index contributed by atoms with van der Waals surface area (Å²) in [6, 6.07) is 13.5. The van der Waals surface area contributed by atoms with Crippen molar-refractivity contribution in [1.29, 1.82) is 0 Å². The Kier molecular flexibility index (Phi) is 9.94. The molecule has 0 unspecified atom stereocenters. The number of nitrogens with zero attached hydrogens (tertiary/aromatic N) is 3. The summed E-state index contributed by atoms with van der Waals surface area (Å²) in [6.45, 7) is 5.11. The Labute approximate surface area is 270 Å². The van der Waals surface area contributed by atoms with Crippen molar-refractivity contribution < 1.29 is 36.4 Å². The van der Waals surface area contributed by atoms with E-state index < -0.39 is 27.7 Å². The van der Waals surface area contributed by atoms with E-state index >= 15 is 0 Å². The van der Waals surface area contributed by atoms with Gasteiger partial charge in [0.1, 0.15) is 24.1 Å². The number of amides is 2. The van der Waals surface area contributed by atoms with Crippen LogP contribution in [0.5, 0.6) is 11.5 Å². The maximum atomic E-state index is 15.0. The molecule has 1 aliphatic rings. The second-order valence-electron chi connectivity index (χ2n) is 10.8. The lowest BCUT2D eigenvalue weighted by atomic mass is 10.1. The molecule has 0 spiro atoms. The number of nitrogens with one attached hydrogen (secondary N) is 1. The molecule has 11 nitrogen and oxygen atoms in total. The molecule has 0 aliphatic carbocycles. The van der Waals surface area contributed by atoms with Crippen LogP contribution >= 0.6 is 11.6 Å². The van der Waals surface area contributed by atoms with E-state index in [9.17, 15) is 22.4 Å². The molecular formula is C32H32ClFN4O7S. The number of rotatable bonds is 11. The molecule has 5 rings (SSSR count). The van der Waals surface area contributed by atoms with Crippen LogP contribution in [0.25, 0.3) is 11.1 Å². The summed E-state index contributed by atoms with van der Waals surface area (Å²) in [5.74, 6) is -1.42. The summed E-state index contributed by atoms with van der Waals surface area (Å²) in [6.07, 6.45) is 4.14. The van der Waals surface area contributed by atoms with Gasteiger partial charge in [0, 0.05) is 39.9 Å². The van der Waals surface area contributed by atoms with Crippen LogP contribution in [0.4, 0.5) is 10.1 Å². The lowest BCUT2D eigenvalue weighted by Crippen LogP contribution is -2.38. The molecule has 2 heterocycles. The number of para-hydroxylation sites is 1. The fourth-order valence-electron chi connectivity index (χ4n) is 5.05. The van der Waals surface area contributed by atoms with Gasteiger partial charge in [-0.2, -0.15) is 13.5 Å². The molecule has 0 radical (unpaired) electrons. The lowest BCUT2D eigenvalue weighted by molar-refractivity contribution is -0.119. The van der Waals surface area contributed by atoms with E-state index in [2.05, 4.69) is 5.10 Å². The number of carbonyl (C=O) groups is 2. The third-order valence-corrected chi connectivity index (χ3v) is 8.42. The van der Waals surface area contributed by atoms with E-state index in [4.69, 9.17) is 25.6 Å². The van der Waals surface area contributed by atoms with Crippen LogP contribution in [0.3, 0.4) is 0 Å². The van der Waals surface area contributed by atoms with E-state index in [0.29, 0.717) is 55.2 Å². The number of aromatic nitrogens is 2. The third kappa shape index (κ3) is 7.66. The van der Waals surface area contributed by atoms with Crippen molar-refractivity contribution in [1.82, 2.24) is 15.1 Å². The topological polar surface area (TPSA) is 140 Å². The summed E-state index contributed by atoms with van der Waals surface area (Å²) in [5.41, 5.74) is 4.10. The Morgan fingerprint density at radius 3 is 2.72 bits per heavy atom. The zero-order valence-corrected chi connectivity index (χ0v) is 26.7. The van der Waals surface area contributed by atoms with Gasteiger partial charge in [0.05, 0.1) is 31.6 Å². The van der Waals surface area contributed by atoms with Gasteiger partial charge in [0.25, 0.3) is 16.0 Å². The zero-order valence-electron chi connectivity index (χ0n) is 25.1. The largest absolute Gasteiger partial charge is 0.493 e. The van der Waals surface area contributed by atoms with Crippen molar-refractivity contribution in [2.75, 3.05) is 30.5 Å². The molecule has 0 bridgehead atoms. The Hall–Kier alpha value is -4.46. The highest BCUT2D eigenvalue weighted by Crippen LogP contribution is 2.41. The average Bonchev–Trinajstić information content (AvgIpc) is 3.49.